The van der Waals surface area contributed by atoms with Crippen molar-refractivity contribution in [2.75, 3.05) is 0 Å². The van der Waals surface area contributed by atoms with Crippen molar-refractivity contribution in [2.24, 2.45) is 0 Å². The molecule has 94 valence electrons. The quantitative estimate of drug-likeness (QED) is 0.681. The molecule has 3 rings (SSSR count). The third-order valence-corrected chi connectivity index (χ3v) is 4.63. The van der Waals surface area contributed by atoms with Crippen molar-refractivity contribution in [2.45, 2.75) is 5.82 Å². The van der Waals surface area contributed by atoms with Gasteiger partial charge in [0.2, 0.25) is 0 Å². The molecule has 3 aromatic rings. The van der Waals surface area contributed by atoms with Crippen LogP contribution in [-0.4, -0.2) is 15.0 Å². The van der Waals surface area contributed by atoms with Crippen molar-refractivity contribution in [3.05, 3.63) is 64.8 Å². The Morgan fingerprint density at radius 3 is 2.37 bits per heavy atom. The molecule has 0 saturated heterocycles. The zero-order chi connectivity index (χ0) is 13.2. The molecule has 0 bridgehead atoms. The Hall–Kier alpha value is -1.83. The molecule has 0 amide bonds. The summed E-state index contributed by atoms with van der Waals surface area (Å²) in [5, 5.41) is 0.668. The van der Waals surface area contributed by atoms with Gasteiger partial charge in [0.15, 0.2) is 0 Å². The van der Waals surface area contributed by atoms with E-state index in [4.69, 9.17) is 4.42 Å². The van der Waals surface area contributed by atoms with E-state index < -0.39 is 0 Å². The Balaban J connectivity index is 2.39. The predicted molar refractivity (Wildman–Crippen MR) is 79.2 cm³/mol. The second-order valence-corrected chi connectivity index (χ2v) is 5.87. The van der Waals surface area contributed by atoms with Gasteiger partial charge in [-0.3, -0.25) is 0 Å². The topological polar surface area (TPSA) is 30.2 Å². The van der Waals surface area contributed by atoms with Gasteiger partial charge in [-0.15, -0.1) is 0 Å². The van der Waals surface area contributed by atoms with Crippen LogP contribution in [0.15, 0.2) is 63.8 Å². The molecule has 0 saturated carbocycles. The standard InChI is InChI=1S/C16H12O2Se/c1-19-16-14(17)12-9-5-6-10-13(12)18-15(16)11-7-3-2-4-8-11/h2-10H,1H3. The van der Waals surface area contributed by atoms with Crippen molar-refractivity contribution in [1.29, 1.82) is 0 Å². The van der Waals surface area contributed by atoms with Crippen molar-refractivity contribution >= 4 is 30.4 Å². The molecule has 1 heterocycles. The zero-order valence-electron chi connectivity index (χ0n) is 10.4. The number of hydrogen-bond acceptors (Lipinski definition) is 2. The second-order valence-electron chi connectivity index (χ2n) is 4.16. The van der Waals surface area contributed by atoms with Gasteiger partial charge in [-0.05, 0) is 0 Å². The number of fused-ring (bicyclic) bond motifs is 1. The average Bonchev–Trinajstić information content (AvgIpc) is 2.48. The minimum atomic E-state index is 0.0930. The van der Waals surface area contributed by atoms with E-state index in [1.165, 1.54) is 0 Å². The molecule has 0 radical (unpaired) electrons. The Bertz CT molecular complexity index is 776. The molecule has 1 aromatic heterocycles. The van der Waals surface area contributed by atoms with Gasteiger partial charge in [-0.2, -0.15) is 0 Å². The summed E-state index contributed by atoms with van der Waals surface area (Å²) in [7, 11) is 0. The van der Waals surface area contributed by atoms with Crippen molar-refractivity contribution in [3.8, 4) is 11.3 Å². The zero-order valence-corrected chi connectivity index (χ0v) is 12.1. The molecule has 0 spiro atoms. The summed E-state index contributed by atoms with van der Waals surface area (Å²) in [6, 6.07) is 17.2. The molecule has 0 aliphatic rings. The van der Waals surface area contributed by atoms with E-state index in [1.54, 1.807) is 0 Å². The molecular weight excluding hydrogens is 303 g/mol. The first kappa shape index (κ1) is 12.2. The average molecular weight is 315 g/mol. The molecule has 0 fully saturated rings. The van der Waals surface area contributed by atoms with Crippen LogP contribution in [0.1, 0.15) is 0 Å². The Morgan fingerprint density at radius 2 is 1.63 bits per heavy atom. The Morgan fingerprint density at radius 1 is 0.947 bits per heavy atom. The van der Waals surface area contributed by atoms with Crippen LogP contribution in [0.3, 0.4) is 0 Å². The van der Waals surface area contributed by atoms with Crippen LogP contribution in [0.4, 0.5) is 0 Å². The molecule has 2 aromatic carbocycles. The number of rotatable bonds is 2. The van der Waals surface area contributed by atoms with Crippen LogP contribution in [0.2, 0.25) is 5.82 Å². The van der Waals surface area contributed by atoms with Gasteiger partial charge >= 0.3 is 117 Å². The van der Waals surface area contributed by atoms with Crippen molar-refractivity contribution in [1.82, 2.24) is 0 Å². The first-order valence-corrected chi connectivity index (χ1v) is 8.53. The normalized spacial score (nSPS) is 10.8. The third kappa shape index (κ3) is 2.12. The Labute approximate surface area is 117 Å². The summed E-state index contributed by atoms with van der Waals surface area (Å²) in [5.74, 6) is 2.76. The van der Waals surface area contributed by atoms with E-state index in [-0.39, 0.29) is 20.4 Å². The van der Waals surface area contributed by atoms with Gasteiger partial charge in [0.1, 0.15) is 0 Å². The fraction of sp³-hybridized carbons (Fsp3) is 0.0625. The van der Waals surface area contributed by atoms with Gasteiger partial charge in [-0.25, -0.2) is 0 Å². The fourth-order valence-corrected chi connectivity index (χ4v) is 3.43. The number of benzene rings is 2. The number of hydrogen-bond donors (Lipinski definition) is 0. The van der Waals surface area contributed by atoms with Crippen molar-refractivity contribution < 1.29 is 4.42 Å². The van der Waals surface area contributed by atoms with E-state index in [0.717, 1.165) is 10.0 Å². The molecule has 3 heteroatoms. The molecular formula is C16H12O2Se. The fourth-order valence-electron chi connectivity index (χ4n) is 2.09. The third-order valence-electron chi connectivity index (χ3n) is 3.00. The van der Waals surface area contributed by atoms with Crippen LogP contribution in [0.5, 0.6) is 0 Å². The van der Waals surface area contributed by atoms with Crippen molar-refractivity contribution in [3.63, 3.8) is 0 Å². The summed E-state index contributed by atoms with van der Waals surface area (Å²) < 4.78 is 6.77. The van der Waals surface area contributed by atoms with Gasteiger partial charge in [-0.1, -0.05) is 0 Å². The van der Waals surface area contributed by atoms with Gasteiger partial charge < -0.3 is 0 Å². The summed E-state index contributed by atoms with van der Waals surface area (Å²) >= 11 is 0.0930. The van der Waals surface area contributed by atoms with Gasteiger partial charge in [0.05, 0.1) is 0 Å². The first-order valence-electron chi connectivity index (χ1n) is 5.96. The summed E-state index contributed by atoms with van der Waals surface area (Å²) in [6.07, 6.45) is 0. The van der Waals surface area contributed by atoms with Gasteiger partial charge in [0.25, 0.3) is 0 Å². The molecule has 19 heavy (non-hydrogen) atoms. The van der Waals surface area contributed by atoms with Crippen LogP contribution >= 0.6 is 0 Å². The maximum atomic E-state index is 12.5. The molecule has 0 unspecified atom stereocenters. The molecule has 0 N–H and O–H groups in total. The molecule has 0 aliphatic carbocycles. The predicted octanol–water partition coefficient (Wildman–Crippen LogP) is 2.84. The summed E-state index contributed by atoms with van der Waals surface area (Å²) in [5.41, 5.74) is 1.71. The van der Waals surface area contributed by atoms with E-state index in [9.17, 15) is 4.79 Å². The SMILES string of the molecule is C[Se]c1c(-c2ccccc2)oc2ccccc2c1=O. The van der Waals surface area contributed by atoms with E-state index in [2.05, 4.69) is 0 Å². The molecule has 0 atom stereocenters. The second kappa shape index (κ2) is 5.04. The Kier molecular flexibility index (Phi) is 3.24. The summed E-state index contributed by atoms with van der Waals surface area (Å²) in [6.45, 7) is 0. The maximum absolute atomic E-state index is 12.5. The first-order chi connectivity index (χ1) is 9.31. The van der Waals surface area contributed by atoms with E-state index >= 15 is 0 Å². The summed E-state index contributed by atoms with van der Waals surface area (Å²) in [4.78, 5) is 12.5. The number of para-hydroxylation sites is 1. The monoisotopic (exact) mass is 316 g/mol. The van der Waals surface area contributed by atoms with Crippen LogP contribution in [-0.2, 0) is 0 Å². The minimum absolute atomic E-state index is 0.0930. The molecule has 0 aliphatic heterocycles. The van der Waals surface area contributed by atoms with Crippen LogP contribution in [0, 0.1) is 0 Å². The van der Waals surface area contributed by atoms with E-state index in [1.807, 2.05) is 60.4 Å². The van der Waals surface area contributed by atoms with Crippen LogP contribution in [0.25, 0.3) is 22.3 Å². The van der Waals surface area contributed by atoms with Gasteiger partial charge in [0, 0.05) is 0 Å². The molecule has 2 nitrogen and oxygen atoms in total. The van der Waals surface area contributed by atoms with Crippen LogP contribution < -0.4 is 9.89 Å². The van der Waals surface area contributed by atoms with E-state index in [0.29, 0.717) is 16.7 Å².